The van der Waals surface area contributed by atoms with E-state index in [0.29, 0.717) is 0 Å². The van der Waals surface area contributed by atoms with E-state index < -0.39 is 0 Å². The number of nitrogens with one attached hydrogen (secondary N) is 1. The van der Waals surface area contributed by atoms with Gasteiger partial charge in [-0.05, 0) is 30.2 Å². The Labute approximate surface area is 104 Å². The van der Waals surface area contributed by atoms with Crippen molar-refractivity contribution < 1.29 is 0 Å². The van der Waals surface area contributed by atoms with E-state index in [2.05, 4.69) is 35.1 Å². The monoisotopic (exact) mass is 236 g/mol. The molecule has 0 radical (unpaired) electrons. The zero-order chi connectivity index (χ0) is 12.5. The van der Waals surface area contributed by atoms with E-state index >= 15 is 0 Å². The van der Waals surface area contributed by atoms with Crippen LogP contribution >= 0.6 is 0 Å². The van der Waals surface area contributed by atoms with Crippen LogP contribution in [0, 0.1) is 6.92 Å². The summed E-state index contributed by atoms with van der Waals surface area (Å²) in [4.78, 5) is 17.6. The van der Waals surface area contributed by atoms with Crippen molar-refractivity contribution in [3.63, 3.8) is 0 Å². The minimum atomic E-state index is -0.314. The molecule has 0 atom stereocenters. The third kappa shape index (κ3) is 1.91. The number of aromatic nitrogens is 2. The number of H-pyrrole nitrogens is 1. The first kappa shape index (κ1) is 10.7. The van der Waals surface area contributed by atoms with Gasteiger partial charge in [-0.1, -0.05) is 35.9 Å². The summed E-state index contributed by atoms with van der Waals surface area (Å²) in [6.07, 6.45) is 1.60. The highest BCUT2D eigenvalue weighted by atomic mass is 16.1. The molecule has 3 nitrogen and oxygen atoms in total. The largest absolute Gasteiger partial charge is 0.345 e. The van der Waals surface area contributed by atoms with Crippen LogP contribution in [-0.2, 0) is 0 Å². The zero-order valence-electron chi connectivity index (χ0n) is 9.97. The Kier molecular flexibility index (Phi) is 2.45. The van der Waals surface area contributed by atoms with E-state index in [-0.39, 0.29) is 5.69 Å². The number of benzene rings is 2. The van der Waals surface area contributed by atoms with Crippen LogP contribution in [-0.4, -0.2) is 9.97 Å². The zero-order valence-corrected chi connectivity index (χ0v) is 9.97. The summed E-state index contributed by atoms with van der Waals surface area (Å²) >= 11 is 0. The Bertz CT molecular complexity index is 775. The van der Waals surface area contributed by atoms with Crippen molar-refractivity contribution in [1.82, 2.24) is 9.97 Å². The molecule has 0 unspecified atom stereocenters. The summed E-state index contributed by atoms with van der Waals surface area (Å²) in [5.41, 5.74) is 4.02. The molecule has 0 spiro atoms. The van der Waals surface area contributed by atoms with Crippen LogP contribution in [0.2, 0.25) is 0 Å². The summed E-state index contributed by atoms with van der Waals surface area (Å²) in [5, 5.41) is 0.939. The Hall–Kier alpha value is -2.42. The number of aromatic amines is 1. The maximum atomic E-state index is 11.1. The molecule has 0 saturated heterocycles. The number of rotatable bonds is 1. The van der Waals surface area contributed by atoms with Crippen LogP contribution in [0.15, 0.2) is 53.5 Å². The first-order valence-electron chi connectivity index (χ1n) is 5.78. The van der Waals surface area contributed by atoms with Gasteiger partial charge in [-0.25, -0.2) is 9.78 Å². The van der Waals surface area contributed by atoms with E-state index in [1.54, 1.807) is 6.20 Å². The Morgan fingerprint density at radius 2 is 1.89 bits per heavy atom. The number of fused-ring (bicyclic) bond motifs is 1. The lowest BCUT2D eigenvalue weighted by atomic mass is 10.0. The molecular weight excluding hydrogens is 224 g/mol. The van der Waals surface area contributed by atoms with E-state index in [0.717, 1.165) is 16.5 Å². The summed E-state index contributed by atoms with van der Waals surface area (Å²) in [7, 11) is 0. The second-order valence-corrected chi connectivity index (χ2v) is 4.36. The van der Waals surface area contributed by atoms with E-state index in [4.69, 9.17) is 0 Å². The topological polar surface area (TPSA) is 45.8 Å². The van der Waals surface area contributed by atoms with Gasteiger partial charge in [0.25, 0.3) is 0 Å². The number of nitrogens with zero attached hydrogens (tertiary/aromatic N) is 1. The number of aryl methyl sites for hydroxylation is 1. The van der Waals surface area contributed by atoms with E-state index in [9.17, 15) is 4.79 Å². The second kappa shape index (κ2) is 4.11. The molecule has 0 amide bonds. The first-order chi connectivity index (χ1) is 8.72. The van der Waals surface area contributed by atoms with Crippen molar-refractivity contribution >= 4 is 10.9 Å². The van der Waals surface area contributed by atoms with Gasteiger partial charge in [0.15, 0.2) is 0 Å². The van der Waals surface area contributed by atoms with Gasteiger partial charge in [-0.15, -0.1) is 0 Å². The van der Waals surface area contributed by atoms with Gasteiger partial charge in [0.2, 0.25) is 0 Å². The molecule has 0 bridgehead atoms. The maximum absolute atomic E-state index is 11.1. The molecule has 0 saturated carbocycles. The van der Waals surface area contributed by atoms with Crippen molar-refractivity contribution in [1.29, 1.82) is 0 Å². The summed E-state index contributed by atoms with van der Waals surface area (Å²) in [6.45, 7) is 2.07. The van der Waals surface area contributed by atoms with Crippen molar-refractivity contribution in [2.75, 3.05) is 0 Å². The normalized spacial score (nSPS) is 10.7. The van der Waals surface area contributed by atoms with Gasteiger partial charge in [-0.3, -0.25) is 0 Å². The van der Waals surface area contributed by atoms with Gasteiger partial charge in [0, 0.05) is 11.6 Å². The van der Waals surface area contributed by atoms with Crippen LogP contribution in [0.1, 0.15) is 5.56 Å². The molecule has 1 heterocycles. The smallest absolute Gasteiger partial charge is 0.305 e. The average molecular weight is 236 g/mol. The number of hydrogen-bond donors (Lipinski definition) is 1. The van der Waals surface area contributed by atoms with E-state index in [1.165, 1.54) is 11.1 Å². The Balaban J connectivity index is 2.19. The third-order valence-corrected chi connectivity index (χ3v) is 2.97. The maximum Gasteiger partial charge on any atom is 0.345 e. The van der Waals surface area contributed by atoms with Crippen LogP contribution in [0.4, 0.5) is 0 Å². The van der Waals surface area contributed by atoms with Crippen LogP contribution in [0.25, 0.3) is 22.0 Å². The highest BCUT2D eigenvalue weighted by Crippen LogP contribution is 2.23. The predicted octanol–water partition coefficient (Wildman–Crippen LogP) is 2.90. The fourth-order valence-corrected chi connectivity index (χ4v) is 2.06. The molecule has 3 heteroatoms. The minimum Gasteiger partial charge on any atom is -0.305 e. The molecular formula is C15H12N2O. The van der Waals surface area contributed by atoms with Gasteiger partial charge in [0.05, 0.1) is 5.52 Å². The van der Waals surface area contributed by atoms with Gasteiger partial charge in [0.1, 0.15) is 0 Å². The van der Waals surface area contributed by atoms with Crippen LogP contribution < -0.4 is 5.69 Å². The fourth-order valence-electron chi connectivity index (χ4n) is 2.06. The SMILES string of the molecule is Cc1cccc(-c2ccc3[nH]c(=O)ncc3c2)c1. The van der Waals surface area contributed by atoms with Crippen molar-refractivity contribution in [2.45, 2.75) is 6.92 Å². The molecule has 0 aliphatic carbocycles. The lowest BCUT2D eigenvalue weighted by Crippen LogP contribution is -2.08. The van der Waals surface area contributed by atoms with Crippen LogP contribution in [0.3, 0.4) is 0 Å². The molecule has 1 aromatic heterocycles. The quantitative estimate of drug-likeness (QED) is 0.706. The first-order valence-corrected chi connectivity index (χ1v) is 5.78. The van der Waals surface area contributed by atoms with Crippen molar-refractivity contribution in [2.24, 2.45) is 0 Å². The van der Waals surface area contributed by atoms with Gasteiger partial charge < -0.3 is 4.98 Å². The van der Waals surface area contributed by atoms with E-state index in [1.807, 2.05) is 24.3 Å². The van der Waals surface area contributed by atoms with Crippen molar-refractivity contribution in [3.05, 3.63) is 64.7 Å². The predicted molar refractivity (Wildman–Crippen MR) is 72.5 cm³/mol. The lowest BCUT2D eigenvalue weighted by Gasteiger charge is -2.04. The number of hydrogen-bond acceptors (Lipinski definition) is 2. The standard InChI is InChI=1S/C15H12N2O/c1-10-3-2-4-11(7-10)12-5-6-14-13(8-12)9-16-15(18)17-14/h2-9H,1H3,(H,16,17,18). The Morgan fingerprint density at radius 3 is 2.72 bits per heavy atom. The summed E-state index contributed by atoms with van der Waals surface area (Å²) < 4.78 is 0. The third-order valence-electron chi connectivity index (χ3n) is 2.97. The molecule has 0 fully saturated rings. The average Bonchev–Trinajstić information content (AvgIpc) is 2.38. The molecule has 3 rings (SSSR count). The lowest BCUT2D eigenvalue weighted by molar-refractivity contribution is 1.12. The Morgan fingerprint density at radius 1 is 1.06 bits per heavy atom. The molecule has 18 heavy (non-hydrogen) atoms. The molecule has 2 aromatic carbocycles. The molecule has 1 N–H and O–H groups in total. The fraction of sp³-hybridized carbons (Fsp3) is 0.0667. The van der Waals surface area contributed by atoms with Gasteiger partial charge >= 0.3 is 5.69 Å². The highest BCUT2D eigenvalue weighted by molar-refractivity contribution is 5.83. The summed E-state index contributed by atoms with van der Waals surface area (Å²) in [5.74, 6) is 0. The molecule has 3 aromatic rings. The summed E-state index contributed by atoms with van der Waals surface area (Å²) in [6, 6.07) is 14.3. The second-order valence-electron chi connectivity index (χ2n) is 4.36. The minimum absolute atomic E-state index is 0.314. The molecule has 0 aliphatic heterocycles. The molecule has 0 aliphatic rings. The van der Waals surface area contributed by atoms with Crippen molar-refractivity contribution in [3.8, 4) is 11.1 Å². The highest BCUT2D eigenvalue weighted by Gasteiger charge is 2.01. The molecule has 88 valence electrons. The van der Waals surface area contributed by atoms with Gasteiger partial charge in [-0.2, -0.15) is 0 Å². The van der Waals surface area contributed by atoms with Crippen LogP contribution in [0.5, 0.6) is 0 Å².